The number of benzene rings is 4. The Morgan fingerprint density at radius 1 is 0.225 bits per heavy atom. The Balaban J connectivity index is 0.000000420. The van der Waals surface area contributed by atoms with Crippen molar-refractivity contribution in [3.8, 4) is 0 Å². The molecule has 0 bridgehead atoms. The molecule has 16 nitrogen and oxygen atoms in total. The molecule has 4 rings (SSSR count). The number of hydrogen-bond acceptors (Lipinski definition) is 16. The van der Waals surface area contributed by atoms with Crippen molar-refractivity contribution >= 4 is 0 Å². The molecule has 0 spiro atoms. The number of rotatable bonds is 54. The van der Waals surface area contributed by atoms with Crippen LogP contribution in [-0.4, -0.2) is 205 Å². The molecule has 0 aromatic heterocycles. The first-order valence-corrected chi connectivity index (χ1v) is 29.2. The van der Waals surface area contributed by atoms with Crippen molar-refractivity contribution in [1.82, 2.24) is 0 Å². The van der Waals surface area contributed by atoms with Gasteiger partial charge in [0.1, 0.15) is 0 Å². The van der Waals surface area contributed by atoms with Crippen molar-refractivity contribution in [2.45, 2.75) is 51.4 Å². The van der Waals surface area contributed by atoms with Gasteiger partial charge in [-0.2, -0.15) is 0 Å². The normalized spacial score (nSPS) is 12.9. The Hall–Kier alpha value is -3.76. The minimum atomic E-state index is 0.0270. The van der Waals surface area contributed by atoms with Crippen LogP contribution in [-0.2, 0) is 82.5 Å². The van der Waals surface area contributed by atoms with Gasteiger partial charge in [0, 0.05) is 13.2 Å². The van der Waals surface area contributed by atoms with Gasteiger partial charge < -0.3 is 77.3 Å². The largest absolute Gasteiger partial charge is 0.394 e. The zero-order valence-electron chi connectivity index (χ0n) is 48.0. The summed E-state index contributed by atoms with van der Waals surface area (Å²) in [6.45, 7) is 12.4. The van der Waals surface area contributed by atoms with Gasteiger partial charge in [0.2, 0.25) is 0 Å². The molecular formula is C64H100O16. The van der Waals surface area contributed by atoms with Gasteiger partial charge in [0.15, 0.2) is 0 Å². The first kappa shape index (κ1) is 70.5. The number of aliphatic hydroxyl groups excluding tert-OH is 4. The maximum absolute atomic E-state index is 8.77. The van der Waals surface area contributed by atoms with Crippen LogP contribution >= 0.6 is 0 Å². The molecule has 0 heterocycles. The van der Waals surface area contributed by atoms with Crippen molar-refractivity contribution in [2.75, 3.05) is 185 Å². The smallest absolute Gasteiger partial charge is 0.0701 e. The van der Waals surface area contributed by atoms with Crippen molar-refractivity contribution in [3.63, 3.8) is 0 Å². The van der Waals surface area contributed by atoms with E-state index in [4.69, 9.17) is 77.3 Å². The molecule has 0 saturated heterocycles. The van der Waals surface area contributed by atoms with Crippen LogP contribution in [0.5, 0.6) is 0 Å². The molecule has 0 amide bonds. The van der Waals surface area contributed by atoms with E-state index in [9.17, 15) is 0 Å². The van der Waals surface area contributed by atoms with E-state index in [2.05, 4.69) is 121 Å². The molecule has 4 aromatic carbocycles. The summed E-state index contributed by atoms with van der Waals surface area (Å²) in [4.78, 5) is 0. The van der Waals surface area contributed by atoms with Gasteiger partial charge in [-0.05, 0) is 97.3 Å². The number of aliphatic hydroxyl groups is 4. The standard InChI is InChI=1S/2C32H50O8/c2*33-13-16-36-19-22-38-21-18-35-15-7-12-31(26-29-8-3-1-4-9-29)32(27-30-10-5-2-6-11-30)28-40-25-24-39-23-20-37-17-14-34/h2*1-6,8-11,31-34H,7,12-28H2/t2*31-,32+/m10/s1. The minimum absolute atomic E-state index is 0.0270. The molecule has 0 radical (unpaired) electrons. The van der Waals surface area contributed by atoms with Crippen molar-refractivity contribution in [3.05, 3.63) is 144 Å². The topological polar surface area (TPSA) is 192 Å². The first-order chi connectivity index (χ1) is 39.7. The number of hydrogen-bond donors (Lipinski definition) is 4. The fraction of sp³-hybridized carbons (Fsp3) is 0.625. The summed E-state index contributed by atoms with van der Waals surface area (Å²) >= 11 is 0. The molecule has 0 aliphatic rings. The maximum atomic E-state index is 8.77. The minimum Gasteiger partial charge on any atom is -0.394 e. The maximum Gasteiger partial charge on any atom is 0.0701 e. The van der Waals surface area contributed by atoms with Gasteiger partial charge in [0.25, 0.3) is 0 Å². The second-order valence-corrected chi connectivity index (χ2v) is 19.3. The van der Waals surface area contributed by atoms with E-state index in [1.165, 1.54) is 22.3 Å². The SMILES string of the molecule is OCCOCCOCCOCCC[C@@H](Cc1ccccc1)[C@@H](COCCOCCOCCO)Cc1ccccc1.OCCOCCOCCOCCC[C@H](Cc1ccccc1)[C@H](COCCOCCOCCO)Cc1ccccc1. The Labute approximate surface area is 479 Å². The monoisotopic (exact) mass is 1120 g/mol. The van der Waals surface area contributed by atoms with Crippen LogP contribution in [0.3, 0.4) is 0 Å². The van der Waals surface area contributed by atoms with E-state index in [1.54, 1.807) is 0 Å². The van der Waals surface area contributed by atoms with Gasteiger partial charge in [-0.15, -0.1) is 0 Å². The van der Waals surface area contributed by atoms with Gasteiger partial charge in [-0.25, -0.2) is 0 Å². The fourth-order valence-electron chi connectivity index (χ4n) is 8.99. The van der Waals surface area contributed by atoms with E-state index in [-0.39, 0.29) is 26.4 Å². The van der Waals surface area contributed by atoms with Crippen LogP contribution in [0, 0.1) is 23.7 Å². The van der Waals surface area contributed by atoms with E-state index in [0.29, 0.717) is 182 Å². The predicted octanol–water partition coefficient (Wildman–Crippen LogP) is 7.14. The zero-order valence-corrected chi connectivity index (χ0v) is 48.0. The van der Waals surface area contributed by atoms with E-state index in [1.807, 2.05) is 0 Å². The second kappa shape index (κ2) is 53.3. The zero-order chi connectivity index (χ0) is 56.7. The van der Waals surface area contributed by atoms with Crippen LogP contribution < -0.4 is 0 Å². The Morgan fingerprint density at radius 2 is 0.425 bits per heavy atom. The molecule has 452 valence electrons. The molecule has 0 aliphatic carbocycles. The Morgan fingerprint density at radius 3 is 0.662 bits per heavy atom. The summed E-state index contributed by atoms with van der Waals surface area (Å²) in [6, 6.07) is 42.7. The van der Waals surface area contributed by atoms with Crippen molar-refractivity contribution in [2.24, 2.45) is 23.7 Å². The lowest BCUT2D eigenvalue weighted by atomic mass is 9.80. The van der Waals surface area contributed by atoms with Crippen LogP contribution in [0.15, 0.2) is 121 Å². The van der Waals surface area contributed by atoms with E-state index < -0.39 is 0 Å². The molecule has 4 aromatic rings. The summed E-state index contributed by atoms with van der Waals surface area (Å²) in [6.07, 6.45) is 7.95. The third-order valence-electron chi connectivity index (χ3n) is 13.0. The molecule has 0 fully saturated rings. The van der Waals surface area contributed by atoms with E-state index in [0.717, 1.165) is 51.4 Å². The Bertz CT molecular complexity index is 1720. The second-order valence-electron chi connectivity index (χ2n) is 19.3. The highest BCUT2D eigenvalue weighted by Crippen LogP contribution is 2.29. The lowest BCUT2D eigenvalue weighted by Crippen LogP contribution is -2.26. The highest BCUT2D eigenvalue weighted by molar-refractivity contribution is 5.19. The highest BCUT2D eigenvalue weighted by atomic mass is 16.6. The molecule has 0 unspecified atom stereocenters. The summed E-state index contributed by atoms with van der Waals surface area (Å²) in [5.41, 5.74) is 5.33. The van der Waals surface area contributed by atoms with Crippen LogP contribution in [0.2, 0.25) is 0 Å². The average Bonchev–Trinajstić information content (AvgIpc) is 3.49. The van der Waals surface area contributed by atoms with Gasteiger partial charge in [-0.1, -0.05) is 121 Å². The van der Waals surface area contributed by atoms with Crippen LogP contribution in [0.4, 0.5) is 0 Å². The lowest BCUT2D eigenvalue weighted by Gasteiger charge is -2.28. The molecule has 4 N–H and O–H groups in total. The molecule has 16 heteroatoms. The summed E-state index contributed by atoms with van der Waals surface area (Å²) in [5, 5.41) is 35.0. The van der Waals surface area contributed by atoms with E-state index >= 15 is 0 Å². The molecular weight excluding hydrogens is 1020 g/mol. The lowest BCUT2D eigenvalue weighted by molar-refractivity contribution is -0.00430. The van der Waals surface area contributed by atoms with Gasteiger partial charge in [-0.3, -0.25) is 0 Å². The first-order valence-electron chi connectivity index (χ1n) is 29.2. The summed E-state index contributed by atoms with van der Waals surface area (Å²) in [5.74, 6) is 1.60. The highest BCUT2D eigenvalue weighted by Gasteiger charge is 2.24. The molecule has 80 heavy (non-hydrogen) atoms. The fourth-order valence-corrected chi connectivity index (χ4v) is 8.99. The van der Waals surface area contributed by atoms with Gasteiger partial charge in [0.05, 0.1) is 172 Å². The third kappa shape index (κ3) is 39.6. The van der Waals surface area contributed by atoms with Gasteiger partial charge >= 0.3 is 0 Å². The molecule has 0 saturated carbocycles. The average molecular weight is 1130 g/mol. The Kier molecular flexibility index (Phi) is 46.9. The number of ether oxygens (including phenoxy) is 12. The van der Waals surface area contributed by atoms with Crippen LogP contribution in [0.1, 0.15) is 47.9 Å². The third-order valence-corrected chi connectivity index (χ3v) is 13.0. The quantitative estimate of drug-likeness (QED) is 0.0326. The van der Waals surface area contributed by atoms with Crippen molar-refractivity contribution in [1.29, 1.82) is 0 Å². The van der Waals surface area contributed by atoms with Crippen molar-refractivity contribution < 1.29 is 77.3 Å². The molecule has 4 atom stereocenters. The van der Waals surface area contributed by atoms with Crippen LogP contribution in [0.25, 0.3) is 0 Å². The summed E-state index contributed by atoms with van der Waals surface area (Å²) in [7, 11) is 0. The molecule has 0 aliphatic heterocycles. The summed E-state index contributed by atoms with van der Waals surface area (Å²) < 4.78 is 67.0. The predicted molar refractivity (Wildman–Crippen MR) is 311 cm³/mol.